The van der Waals surface area contributed by atoms with Gasteiger partial charge in [-0.3, -0.25) is 4.79 Å². The van der Waals surface area contributed by atoms with Gasteiger partial charge in [0.1, 0.15) is 0 Å². The molecule has 1 saturated carbocycles. The van der Waals surface area contributed by atoms with Gasteiger partial charge in [0, 0.05) is 32.1 Å². The molecule has 1 saturated heterocycles. The number of sulfonamides is 1. The van der Waals surface area contributed by atoms with Crippen LogP contribution in [0.4, 0.5) is 0 Å². The van der Waals surface area contributed by atoms with E-state index in [1.807, 2.05) is 11.8 Å². The molecule has 0 unspecified atom stereocenters. The molecule has 1 amide bonds. The van der Waals surface area contributed by atoms with Gasteiger partial charge in [0.15, 0.2) is 0 Å². The zero-order chi connectivity index (χ0) is 13.2. The number of hydrogen-bond donors (Lipinski definition) is 0. The first-order chi connectivity index (χ1) is 8.54. The minimum atomic E-state index is -3.10. The number of unbranched alkanes of at least 4 members (excludes halogenated alkanes) is 1. The van der Waals surface area contributed by atoms with Gasteiger partial charge in [0.05, 0.1) is 5.75 Å². The van der Waals surface area contributed by atoms with E-state index in [9.17, 15) is 13.2 Å². The molecule has 0 aromatic heterocycles. The summed E-state index contributed by atoms with van der Waals surface area (Å²) in [6, 6.07) is 0. The zero-order valence-electron chi connectivity index (χ0n) is 11.0. The average molecular weight is 274 g/mol. The van der Waals surface area contributed by atoms with Gasteiger partial charge < -0.3 is 4.90 Å². The van der Waals surface area contributed by atoms with E-state index in [0.717, 1.165) is 19.3 Å². The molecule has 1 heterocycles. The van der Waals surface area contributed by atoms with Crippen LogP contribution in [0.2, 0.25) is 0 Å². The van der Waals surface area contributed by atoms with Crippen LogP contribution in [0.3, 0.4) is 0 Å². The Bertz CT molecular complexity index is 396. The van der Waals surface area contributed by atoms with Crippen molar-refractivity contribution >= 4 is 15.9 Å². The lowest BCUT2D eigenvalue weighted by Gasteiger charge is -2.34. The van der Waals surface area contributed by atoms with Gasteiger partial charge in [-0.1, -0.05) is 13.3 Å². The van der Waals surface area contributed by atoms with Crippen LogP contribution in [0.25, 0.3) is 0 Å². The number of rotatable bonds is 5. The van der Waals surface area contributed by atoms with E-state index in [1.165, 1.54) is 0 Å². The average Bonchev–Trinajstić information content (AvgIpc) is 3.20. The number of carbonyl (C=O) groups is 1. The molecule has 2 rings (SSSR count). The van der Waals surface area contributed by atoms with Crippen molar-refractivity contribution in [3.63, 3.8) is 0 Å². The highest BCUT2D eigenvalue weighted by Gasteiger charge is 2.36. The maximum Gasteiger partial charge on any atom is 0.225 e. The standard InChI is InChI=1S/C12H22N2O3S/c1-2-3-10-18(16,17)14-8-6-13(7-9-14)12(15)11-4-5-11/h11H,2-10H2,1H3. The topological polar surface area (TPSA) is 57.7 Å². The Labute approximate surface area is 109 Å². The molecule has 0 bridgehead atoms. The molecule has 5 nitrogen and oxygen atoms in total. The largest absolute Gasteiger partial charge is 0.340 e. The van der Waals surface area contributed by atoms with Crippen molar-refractivity contribution in [3.05, 3.63) is 0 Å². The third-order valence-corrected chi connectivity index (χ3v) is 5.58. The Morgan fingerprint density at radius 3 is 2.28 bits per heavy atom. The normalized spacial score (nSPS) is 22.2. The van der Waals surface area contributed by atoms with Crippen molar-refractivity contribution in [1.29, 1.82) is 0 Å². The van der Waals surface area contributed by atoms with Gasteiger partial charge >= 0.3 is 0 Å². The second-order valence-electron chi connectivity index (χ2n) is 5.17. The lowest BCUT2D eigenvalue weighted by Crippen LogP contribution is -2.51. The Morgan fingerprint density at radius 1 is 1.17 bits per heavy atom. The molecular formula is C12H22N2O3S. The summed E-state index contributed by atoms with van der Waals surface area (Å²) in [6.07, 6.45) is 3.62. The fourth-order valence-electron chi connectivity index (χ4n) is 2.23. The predicted molar refractivity (Wildman–Crippen MR) is 69.6 cm³/mol. The second-order valence-corrected chi connectivity index (χ2v) is 7.26. The second kappa shape index (κ2) is 5.57. The van der Waals surface area contributed by atoms with E-state index in [-0.39, 0.29) is 17.6 Å². The maximum absolute atomic E-state index is 12.0. The summed E-state index contributed by atoms with van der Waals surface area (Å²) in [5, 5.41) is 0. The van der Waals surface area contributed by atoms with E-state index in [4.69, 9.17) is 0 Å². The smallest absolute Gasteiger partial charge is 0.225 e. The third-order valence-electron chi connectivity index (χ3n) is 3.63. The van der Waals surface area contributed by atoms with Crippen LogP contribution in [0, 0.1) is 5.92 Å². The Kier molecular flexibility index (Phi) is 4.27. The van der Waals surface area contributed by atoms with Crippen molar-refractivity contribution in [2.75, 3.05) is 31.9 Å². The van der Waals surface area contributed by atoms with Crippen molar-refractivity contribution in [3.8, 4) is 0 Å². The molecule has 0 N–H and O–H groups in total. The summed E-state index contributed by atoms with van der Waals surface area (Å²) < 4.78 is 25.5. The SMILES string of the molecule is CCCCS(=O)(=O)N1CCN(C(=O)C2CC2)CC1. The summed E-state index contributed by atoms with van der Waals surface area (Å²) >= 11 is 0. The van der Waals surface area contributed by atoms with Crippen LogP contribution in [0.5, 0.6) is 0 Å². The molecule has 18 heavy (non-hydrogen) atoms. The highest BCUT2D eigenvalue weighted by Crippen LogP contribution is 2.31. The summed E-state index contributed by atoms with van der Waals surface area (Å²) in [7, 11) is -3.10. The summed E-state index contributed by atoms with van der Waals surface area (Å²) in [6.45, 7) is 4.03. The maximum atomic E-state index is 12.0. The molecule has 2 aliphatic rings. The van der Waals surface area contributed by atoms with Crippen molar-refractivity contribution in [2.45, 2.75) is 32.6 Å². The molecule has 0 aromatic rings. The zero-order valence-corrected chi connectivity index (χ0v) is 11.8. The summed E-state index contributed by atoms with van der Waals surface area (Å²) in [5.74, 6) is 0.689. The first kappa shape index (κ1) is 13.8. The minimum absolute atomic E-state index is 0.223. The first-order valence-electron chi connectivity index (χ1n) is 6.81. The summed E-state index contributed by atoms with van der Waals surface area (Å²) in [5.41, 5.74) is 0. The minimum Gasteiger partial charge on any atom is -0.340 e. The van der Waals surface area contributed by atoms with E-state index in [1.54, 1.807) is 4.31 Å². The number of nitrogens with zero attached hydrogens (tertiary/aromatic N) is 2. The van der Waals surface area contributed by atoms with Crippen LogP contribution >= 0.6 is 0 Å². The van der Waals surface area contributed by atoms with Crippen molar-refractivity contribution in [1.82, 2.24) is 9.21 Å². The van der Waals surface area contributed by atoms with E-state index >= 15 is 0 Å². The van der Waals surface area contributed by atoms with Gasteiger partial charge in [-0.15, -0.1) is 0 Å². The molecular weight excluding hydrogens is 252 g/mol. The summed E-state index contributed by atoms with van der Waals surface area (Å²) in [4.78, 5) is 13.7. The Balaban J connectivity index is 1.83. The third kappa shape index (κ3) is 3.23. The number of hydrogen-bond acceptors (Lipinski definition) is 3. The van der Waals surface area contributed by atoms with Crippen LogP contribution in [-0.2, 0) is 14.8 Å². The van der Waals surface area contributed by atoms with Crippen molar-refractivity contribution in [2.24, 2.45) is 5.92 Å². The van der Waals surface area contributed by atoms with E-state index in [0.29, 0.717) is 32.6 Å². The lowest BCUT2D eigenvalue weighted by molar-refractivity contribution is -0.133. The lowest BCUT2D eigenvalue weighted by atomic mass is 10.3. The van der Waals surface area contributed by atoms with Crippen LogP contribution in [0.1, 0.15) is 32.6 Å². The molecule has 0 radical (unpaired) electrons. The monoisotopic (exact) mass is 274 g/mol. The van der Waals surface area contributed by atoms with Crippen LogP contribution in [0.15, 0.2) is 0 Å². The highest BCUT2D eigenvalue weighted by atomic mass is 32.2. The van der Waals surface area contributed by atoms with Gasteiger partial charge in [0.2, 0.25) is 15.9 Å². The van der Waals surface area contributed by atoms with Gasteiger partial charge in [-0.2, -0.15) is 4.31 Å². The highest BCUT2D eigenvalue weighted by molar-refractivity contribution is 7.89. The molecule has 0 spiro atoms. The van der Waals surface area contributed by atoms with Crippen LogP contribution in [-0.4, -0.2) is 55.5 Å². The molecule has 0 atom stereocenters. The quantitative estimate of drug-likeness (QED) is 0.740. The predicted octanol–water partition coefficient (Wildman–Crippen LogP) is 0.671. The van der Waals surface area contributed by atoms with Crippen molar-refractivity contribution < 1.29 is 13.2 Å². The van der Waals surface area contributed by atoms with E-state index in [2.05, 4.69) is 0 Å². The Hall–Kier alpha value is -0.620. The fourth-order valence-corrected chi connectivity index (χ4v) is 3.86. The Morgan fingerprint density at radius 2 is 1.78 bits per heavy atom. The number of piperazine rings is 1. The number of amides is 1. The molecule has 6 heteroatoms. The van der Waals surface area contributed by atoms with Crippen LogP contribution < -0.4 is 0 Å². The molecule has 2 fully saturated rings. The molecule has 104 valence electrons. The van der Waals surface area contributed by atoms with Gasteiger partial charge in [0.25, 0.3) is 0 Å². The first-order valence-corrected chi connectivity index (χ1v) is 8.42. The molecule has 1 aliphatic carbocycles. The number of carbonyl (C=O) groups excluding carboxylic acids is 1. The van der Waals surface area contributed by atoms with Gasteiger partial charge in [-0.05, 0) is 19.3 Å². The van der Waals surface area contributed by atoms with E-state index < -0.39 is 10.0 Å². The molecule has 0 aromatic carbocycles. The fraction of sp³-hybridized carbons (Fsp3) is 0.917. The van der Waals surface area contributed by atoms with Gasteiger partial charge in [-0.25, -0.2) is 8.42 Å². The molecule has 1 aliphatic heterocycles.